The van der Waals surface area contributed by atoms with Crippen molar-refractivity contribution in [3.8, 4) is 0 Å². The highest BCUT2D eigenvalue weighted by Gasteiger charge is 2.28. The topological polar surface area (TPSA) is 70.1 Å². The third-order valence-corrected chi connectivity index (χ3v) is 3.75. The highest BCUT2D eigenvalue weighted by molar-refractivity contribution is 5.75. The van der Waals surface area contributed by atoms with Gasteiger partial charge >= 0.3 is 12.0 Å². The molecule has 6 nitrogen and oxygen atoms in total. The molecule has 1 aliphatic heterocycles. The van der Waals surface area contributed by atoms with Gasteiger partial charge in [0.1, 0.15) is 0 Å². The number of likely N-dealkylation sites (tertiary alicyclic amines) is 1. The fraction of sp³-hybridized carbons (Fsp3) is 0.857. The molecule has 20 heavy (non-hydrogen) atoms. The van der Waals surface area contributed by atoms with E-state index in [1.165, 1.54) is 0 Å². The van der Waals surface area contributed by atoms with Gasteiger partial charge in [-0.1, -0.05) is 0 Å². The molecule has 2 amide bonds. The molecule has 1 rings (SSSR count). The van der Waals surface area contributed by atoms with Crippen molar-refractivity contribution >= 4 is 12.0 Å². The largest absolute Gasteiger partial charge is 0.481 e. The first kappa shape index (κ1) is 16.8. The van der Waals surface area contributed by atoms with Crippen LogP contribution in [0.5, 0.6) is 0 Å². The summed E-state index contributed by atoms with van der Waals surface area (Å²) in [7, 11) is 1.63. The van der Waals surface area contributed by atoms with E-state index in [1.807, 2.05) is 18.7 Å². The molecule has 0 aromatic carbocycles. The number of carboxylic acids is 1. The number of carbonyl (C=O) groups is 2. The van der Waals surface area contributed by atoms with Gasteiger partial charge in [0.05, 0.1) is 6.61 Å². The lowest BCUT2D eigenvalue weighted by molar-refractivity contribution is -0.138. The summed E-state index contributed by atoms with van der Waals surface area (Å²) in [5.74, 6) is -0.554. The molecule has 0 radical (unpaired) electrons. The van der Waals surface area contributed by atoms with Gasteiger partial charge in [0.2, 0.25) is 0 Å². The van der Waals surface area contributed by atoms with Crippen molar-refractivity contribution in [2.75, 3.05) is 33.4 Å². The molecule has 0 bridgehead atoms. The Morgan fingerprint density at radius 2 is 1.95 bits per heavy atom. The number of nitrogens with zero attached hydrogens (tertiary/aromatic N) is 2. The Labute approximate surface area is 120 Å². The molecular formula is C14H26N2O4. The predicted molar refractivity (Wildman–Crippen MR) is 75.7 cm³/mol. The Bertz CT molecular complexity index is 325. The normalized spacial score (nSPS) is 16.5. The second kappa shape index (κ2) is 8.09. The molecule has 0 aliphatic carbocycles. The second-order valence-corrected chi connectivity index (χ2v) is 5.59. The monoisotopic (exact) mass is 286 g/mol. The number of carbonyl (C=O) groups excluding carboxylic acids is 1. The van der Waals surface area contributed by atoms with Gasteiger partial charge in [-0.05, 0) is 32.6 Å². The second-order valence-electron chi connectivity index (χ2n) is 5.59. The Morgan fingerprint density at radius 3 is 2.40 bits per heavy atom. The van der Waals surface area contributed by atoms with Gasteiger partial charge in [0.25, 0.3) is 0 Å². The predicted octanol–water partition coefficient (Wildman–Crippen LogP) is 1.65. The van der Waals surface area contributed by atoms with Crippen molar-refractivity contribution in [1.29, 1.82) is 0 Å². The zero-order valence-electron chi connectivity index (χ0n) is 12.7. The number of urea groups is 1. The summed E-state index contributed by atoms with van der Waals surface area (Å²) in [6.45, 7) is 6.39. The van der Waals surface area contributed by atoms with Crippen LogP contribution in [0.4, 0.5) is 4.79 Å². The maximum absolute atomic E-state index is 12.5. The van der Waals surface area contributed by atoms with Gasteiger partial charge in [0.15, 0.2) is 0 Å². The Kier molecular flexibility index (Phi) is 6.78. The van der Waals surface area contributed by atoms with Crippen molar-refractivity contribution in [2.24, 2.45) is 5.92 Å². The molecule has 1 aliphatic rings. The number of hydrogen-bond acceptors (Lipinski definition) is 3. The summed E-state index contributed by atoms with van der Waals surface area (Å²) in [5, 5.41) is 8.80. The highest BCUT2D eigenvalue weighted by Crippen LogP contribution is 2.21. The standard InChI is InChI=1S/C14H26N2O4/c1-11(2)16(8-9-20-3)14(19)15-6-4-12(5-7-15)10-13(17)18/h11-12H,4-10H2,1-3H3,(H,17,18). The van der Waals surface area contributed by atoms with Crippen molar-refractivity contribution in [3.63, 3.8) is 0 Å². The molecule has 0 aromatic heterocycles. The summed E-state index contributed by atoms with van der Waals surface area (Å²) in [4.78, 5) is 26.8. The summed E-state index contributed by atoms with van der Waals surface area (Å²) < 4.78 is 5.04. The summed E-state index contributed by atoms with van der Waals surface area (Å²) >= 11 is 0. The van der Waals surface area contributed by atoms with Crippen LogP contribution >= 0.6 is 0 Å². The van der Waals surface area contributed by atoms with Crippen LogP contribution in [0.25, 0.3) is 0 Å². The van der Waals surface area contributed by atoms with Gasteiger partial charge in [-0.3, -0.25) is 4.79 Å². The van der Waals surface area contributed by atoms with Crippen LogP contribution in [0.15, 0.2) is 0 Å². The quantitative estimate of drug-likeness (QED) is 0.806. The number of amides is 2. The average molecular weight is 286 g/mol. The SMILES string of the molecule is COCCN(C(=O)N1CCC(CC(=O)O)CC1)C(C)C. The van der Waals surface area contributed by atoms with E-state index in [4.69, 9.17) is 9.84 Å². The number of carboxylic acid groups (broad SMARTS) is 1. The van der Waals surface area contributed by atoms with Crippen molar-refractivity contribution in [3.05, 3.63) is 0 Å². The molecule has 1 fully saturated rings. The number of ether oxygens (including phenoxy) is 1. The number of piperidine rings is 1. The minimum atomic E-state index is -0.751. The number of aliphatic carboxylic acids is 1. The fourth-order valence-electron chi connectivity index (χ4n) is 2.52. The molecular weight excluding hydrogens is 260 g/mol. The Hall–Kier alpha value is -1.30. The number of methoxy groups -OCH3 is 1. The third kappa shape index (κ3) is 5.00. The Morgan fingerprint density at radius 1 is 1.35 bits per heavy atom. The smallest absolute Gasteiger partial charge is 0.320 e. The van der Waals surface area contributed by atoms with Crippen molar-refractivity contribution in [1.82, 2.24) is 9.80 Å². The first-order chi connectivity index (χ1) is 9.45. The molecule has 0 spiro atoms. The van der Waals surface area contributed by atoms with Gasteiger partial charge < -0.3 is 19.6 Å². The van der Waals surface area contributed by atoms with E-state index >= 15 is 0 Å². The number of rotatable bonds is 6. The van der Waals surface area contributed by atoms with E-state index in [1.54, 1.807) is 12.0 Å². The molecule has 0 saturated carbocycles. The maximum Gasteiger partial charge on any atom is 0.320 e. The highest BCUT2D eigenvalue weighted by atomic mass is 16.5. The molecule has 0 aromatic rings. The first-order valence-electron chi connectivity index (χ1n) is 7.22. The van der Waals surface area contributed by atoms with Crippen LogP contribution in [0.1, 0.15) is 33.1 Å². The van der Waals surface area contributed by atoms with Crippen molar-refractivity contribution < 1.29 is 19.4 Å². The van der Waals surface area contributed by atoms with Crippen LogP contribution in [0.3, 0.4) is 0 Å². The minimum absolute atomic E-state index is 0.0332. The van der Waals surface area contributed by atoms with Crippen LogP contribution in [0, 0.1) is 5.92 Å². The zero-order valence-corrected chi connectivity index (χ0v) is 12.7. The lowest BCUT2D eigenvalue weighted by Gasteiger charge is -2.37. The van der Waals surface area contributed by atoms with Crippen LogP contribution < -0.4 is 0 Å². The summed E-state index contributed by atoms with van der Waals surface area (Å²) in [6, 6.07) is 0.167. The molecule has 6 heteroatoms. The average Bonchev–Trinajstić information content (AvgIpc) is 2.38. The Balaban J connectivity index is 2.49. The number of hydrogen-bond donors (Lipinski definition) is 1. The zero-order chi connectivity index (χ0) is 15.1. The molecule has 1 heterocycles. The lowest BCUT2D eigenvalue weighted by Crippen LogP contribution is -2.50. The van der Waals surface area contributed by atoms with E-state index in [0.29, 0.717) is 26.2 Å². The minimum Gasteiger partial charge on any atom is -0.481 e. The molecule has 1 N–H and O–H groups in total. The molecule has 116 valence electrons. The van der Waals surface area contributed by atoms with Crippen LogP contribution in [-0.2, 0) is 9.53 Å². The molecule has 1 saturated heterocycles. The van der Waals surface area contributed by atoms with E-state index in [2.05, 4.69) is 0 Å². The van der Waals surface area contributed by atoms with Gasteiger partial charge in [-0.25, -0.2) is 4.79 Å². The van der Waals surface area contributed by atoms with Crippen LogP contribution in [0.2, 0.25) is 0 Å². The van der Waals surface area contributed by atoms with Gasteiger partial charge in [-0.2, -0.15) is 0 Å². The van der Waals surface area contributed by atoms with Crippen molar-refractivity contribution in [2.45, 2.75) is 39.2 Å². The molecule has 0 unspecified atom stereocenters. The van der Waals surface area contributed by atoms with Gasteiger partial charge in [-0.15, -0.1) is 0 Å². The maximum atomic E-state index is 12.5. The first-order valence-corrected chi connectivity index (χ1v) is 7.22. The van der Waals surface area contributed by atoms with E-state index in [0.717, 1.165) is 12.8 Å². The summed E-state index contributed by atoms with van der Waals surface area (Å²) in [6.07, 6.45) is 1.75. The van der Waals surface area contributed by atoms with Gasteiger partial charge in [0, 0.05) is 39.2 Å². The third-order valence-electron chi connectivity index (χ3n) is 3.75. The lowest BCUT2D eigenvalue weighted by atomic mass is 9.94. The fourth-order valence-corrected chi connectivity index (χ4v) is 2.52. The van der Waals surface area contributed by atoms with E-state index in [9.17, 15) is 9.59 Å². The van der Waals surface area contributed by atoms with Crippen LogP contribution in [-0.4, -0.2) is 66.3 Å². The van der Waals surface area contributed by atoms with E-state index in [-0.39, 0.29) is 24.4 Å². The molecule has 0 atom stereocenters. The van der Waals surface area contributed by atoms with E-state index < -0.39 is 5.97 Å². The summed E-state index contributed by atoms with van der Waals surface area (Å²) in [5.41, 5.74) is 0.